The Morgan fingerprint density at radius 3 is 2.83 bits per heavy atom. The number of aryl methyl sites for hydroxylation is 1. The summed E-state index contributed by atoms with van der Waals surface area (Å²) in [6.45, 7) is 6.82. The van der Waals surface area contributed by atoms with Crippen molar-refractivity contribution in [3.05, 3.63) is 76.0 Å². The maximum absolute atomic E-state index is 12.5. The van der Waals surface area contributed by atoms with Gasteiger partial charge in [0.2, 0.25) is 0 Å². The molecule has 1 unspecified atom stereocenters. The lowest BCUT2D eigenvalue weighted by atomic mass is 9.92. The van der Waals surface area contributed by atoms with Gasteiger partial charge in [-0.15, -0.1) is 0 Å². The number of allylic oxidation sites excluding steroid dienone is 1. The fourth-order valence-electron chi connectivity index (χ4n) is 3.83. The molecule has 0 fully saturated rings. The Balaban J connectivity index is 1.47. The molecule has 5 heteroatoms. The third-order valence-electron chi connectivity index (χ3n) is 5.54. The first-order valence-corrected chi connectivity index (χ1v) is 10.6. The average molecular weight is 412 g/mol. The highest BCUT2D eigenvalue weighted by molar-refractivity contribution is 6.30. The summed E-state index contributed by atoms with van der Waals surface area (Å²) in [6, 6.07) is 14.3. The zero-order valence-corrected chi connectivity index (χ0v) is 18.2. The normalized spacial score (nSPS) is 14.0. The second kappa shape index (κ2) is 9.95. The molecule has 29 heavy (non-hydrogen) atoms. The molecule has 4 nitrogen and oxygen atoms in total. The van der Waals surface area contributed by atoms with E-state index in [0.717, 1.165) is 30.8 Å². The lowest BCUT2D eigenvalue weighted by Crippen LogP contribution is -2.37. The molecule has 2 aromatic carbocycles. The van der Waals surface area contributed by atoms with Gasteiger partial charge in [0.15, 0.2) is 0 Å². The second-order valence-electron chi connectivity index (χ2n) is 7.73. The molecule has 0 spiro atoms. The lowest BCUT2D eigenvalue weighted by Gasteiger charge is -2.25. The molecule has 1 amide bonds. The third-order valence-corrected chi connectivity index (χ3v) is 5.77. The zero-order chi connectivity index (χ0) is 20.8. The van der Waals surface area contributed by atoms with Crippen LogP contribution in [0.15, 0.2) is 54.2 Å². The van der Waals surface area contributed by atoms with Crippen molar-refractivity contribution < 1.29 is 4.79 Å². The van der Waals surface area contributed by atoms with Gasteiger partial charge in [0.1, 0.15) is 5.70 Å². The Hall–Kier alpha value is -2.30. The number of likely N-dealkylation sites (N-methyl/N-ethyl adjacent to an activating group) is 1. The number of hydrogen-bond donors (Lipinski definition) is 2. The maximum atomic E-state index is 12.5. The first-order chi connectivity index (χ1) is 14.0. The number of halogens is 1. The monoisotopic (exact) mass is 411 g/mol. The Kier molecular flexibility index (Phi) is 7.34. The molecular formula is C24H30ClN3O. The van der Waals surface area contributed by atoms with E-state index in [1.807, 2.05) is 24.3 Å². The smallest absolute Gasteiger partial charge is 0.267 e. The Morgan fingerprint density at radius 2 is 2.07 bits per heavy atom. The summed E-state index contributed by atoms with van der Waals surface area (Å²) in [7, 11) is 2.12. The average Bonchev–Trinajstić information content (AvgIpc) is 2.72. The molecular weight excluding hydrogens is 382 g/mol. The van der Waals surface area contributed by atoms with Crippen molar-refractivity contribution in [3.63, 3.8) is 0 Å². The van der Waals surface area contributed by atoms with Gasteiger partial charge in [-0.25, -0.2) is 0 Å². The molecule has 3 rings (SSSR count). The summed E-state index contributed by atoms with van der Waals surface area (Å²) >= 11 is 6.04. The van der Waals surface area contributed by atoms with Gasteiger partial charge < -0.3 is 15.5 Å². The van der Waals surface area contributed by atoms with Crippen LogP contribution in [0.2, 0.25) is 5.02 Å². The van der Waals surface area contributed by atoms with Crippen molar-refractivity contribution in [2.24, 2.45) is 0 Å². The lowest BCUT2D eigenvalue weighted by molar-refractivity contribution is -0.117. The van der Waals surface area contributed by atoms with Crippen LogP contribution >= 0.6 is 11.6 Å². The number of hydrogen-bond acceptors (Lipinski definition) is 3. The number of benzene rings is 2. The molecule has 2 N–H and O–H groups in total. The number of fused-ring (bicyclic) bond motifs is 1. The Morgan fingerprint density at radius 1 is 1.28 bits per heavy atom. The molecule has 1 aliphatic heterocycles. The van der Waals surface area contributed by atoms with Crippen molar-refractivity contribution in [2.75, 3.05) is 32.0 Å². The predicted octanol–water partition coefficient (Wildman–Crippen LogP) is 4.74. The molecule has 1 heterocycles. The molecule has 1 atom stereocenters. The van der Waals surface area contributed by atoms with Crippen LogP contribution in [0.4, 0.5) is 5.69 Å². The molecule has 0 radical (unpaired) electrons. The van der Waals surface area contributed by atoms with E-state index in [1.54, 1.807) is 0 Å². The number of carbonyl (C=O) groups is 1. The van der Waals surface area contributed by atoms with E-state index in [-0.39, 0.29) is 5.91 Å². The molecule has 0 aromatic heterocycles. The second-order valence-corrected chi connectivity index (χ2v) is 8.16. The minimum absolute atomic E-state index is 0.0649. The molecule has 0 aliphatic carbocycles. The minimum Gasteiger partial charge on any atom is -0.351 e. The number of nitrogens with one attached hydrogen (secondary N) is 2. The van der Waals surface area contributed by atoms with Crippen LogP contribution in [0.3, 0.4) is 0 Å². The minimum atomic E-state index is -0.0649. The van der Waals surface area contributed by atoms with Crippen LogP contribution in [-0.4, -0.2) is 37.5 Å². The number of amides is 1. The number of carbonyl (C=O) groups excluding carboxylic acids is 1. The van der Waals surface area contributed by atoms with Crippen LogP contribution < -0.4 is 10.6 Å². The van der Waals surface area contributed by atoms with Gasteiger partial charge in [-0.2, -0.15) is 0 Å². The van der Waals surface area contributed by atoms with E-state index in [2.05, 4.69) is 60.7 Å². The van der Waals surface area contributed by atoms with E-state index >= 15 is 0 Å². The summed E-state index contributed by atoms with van der Waals surface area (Å²) < 4.78 is 0. The largest absolute Gasteiger partial charge is 0.351 e. The van der Waals surface area contributed by atoms with E-state index < -0.39 is 0 Å². The van der Waals surface area contributed by atoms with Crippen molar-refractivity contribution in [2.45, 2.75) is 32.6 Å². The molecule has 2 aromatic rings. The molecule has 1 aliphatic rings. The summed E-state index contributed by atoms with van der Waals surface area (Å²) in [4.78, 5) is 14.8. The van der Waals surface area contributed by atoms with Crippen LogP contribution in [0.1, 0.15) is 36.0 Å². The topological polar surface area (TPSA) is 44.4 Å². The van der Waals surface area contributed by atoms with Crippen molar-refractivity contribution >= 4 is 23.2 Å². The van der Waals surface area contributed by atoms with Crippen LogP contribution in [0, 0.1) is 6.92 Å². The van der Waals surface area contributed by atoms with E-state index in [0.29, 0.717) is 29.6 Å². The van der Waals surface area contributed by atoms with Gasteiger partial charge in [0.05, 0.1) is 0 Å². The van der Waals surface area contributed by atoms with E-state index in [4.69, 9.17) is 11.6 Å². The first kappa shape index (κ1) is 21.4. The van der Waals surface area contributed by atoms with Gasteiger partial charge in [-0.3, -0.25) is 4.79 Å². The molecule has 0 bridgehead atoms. The predicted molar refractivity (Wildman–Crippen MR) is 122 cm³/mol. The van der Waals surface area contributed by atoms with Gasteiger partial charge in [0, 0.05) is 30.3 Å². The quantitative estimate of drug-likeness (QED) is 0.659. The van der Waals surface area contributed by atoms with Crippen molar-refractivity contribution in [1.29, 1.82) is 0 Å². The highest BCUT2D eigenvalue weighted by Gasteiger charge is 2.17. The third kappa shape index (κ3) is 5.62. The van der Waals surface area contributed by atoms with Gasteiger partial charge in [-0.05, 0) is 67.6 Å². The highest BCUT2D eigenvalue weighted by atomic mass is 35.5. The fourth-order valence-corrected chi connectivity index (χ4v) is 4.02. The summed E-state index contributed by atoms with van der Waals surface area (Å²) in [5, 5.41) is 6.95. The molecule has 0 saturated heterocycles. The van der Waals surface area contributed by atoms with Gasteiger partial charge in [-0.1, -0.05) is 48.9 Å². The fraction of sp³-hybridized carbons (Fsp3) is 0.375. The summed E-state index contributed by atoms with van der Waals surface area (Å²) in [6.07, 6.45) is 3.73. The standard InChI is InChI=1S/C24H30ClN3O/c1-4-18(21-8-6-5-7-17(21)2)16-28(3)14-13-26-24(29)23-11-9-19-15-20(25)10-12-22(19)27-23/h5-8,10-12,15,18,27H,4,9,13-14,16H2,1-3H3,(H,26,29). The molecule has 0 saturated carbocycles. The van der Waals surface area contributed by atoms with Crippen LogP contribution in [0.5, 0.6) is 0 Å². The molecule has 154 valence electrons. The Labute approximate surface area is 178 Å². The van der Waals surface area contributed by atoms with Crippen LogP contribution in [0.25, 0.3) is 0 Å². The van der Waals surface area contributed by atoms with Crippen molar-refractivity contribution in [3.8, 4) is 0 Å². The maximum Gasteiger partial charge on any atom is 0.267 e. The van der Waals surface area contributed by atoms with Gasteiger partial charge >= 0.3 is 0 Å². The van der Waals surface area contributed by atoms with Gasteiger partial charge in [0.25, 0.3) is 5.91 Å². The first-order valence-electron chi connectivity index (χ1n) is 10.3. The highest BCUT2D eigenvalue weighted by Crippen LogP contribution is 2.26. The SMILES string of the molecule is CCC(CN(C)CCNC(=O)C1=CCc2cc(Cl)ccc2N1)c1ccccc1C. The summed E-state index contributed by atoms with van der Waals surface area (Å²) in [5.74, 6) is 0.438. The van der Waals surface area contributed by atoms with E-state index in [9.17, 15) is 4.79 Å². The number of anilines is 1. The zero-order valence-electron chi connectivity index (χ0n) is 17.5. The number of rotatable bonds is 8. The van der Waals surface area contributed by atoms with E-state index in [1.165, 1.54) is 11.1 Å². The Bertz CT molecular complexity index is 893. The summed E-state index contributed by atoms with van der Waals surface area (Å²) in [5.41, 5.74) is 5.42. The number of nitrogens with zero attached hydrogens (tertiary/aromatic N) is 1. The van der Waals surface area contributed by atoms with Crippen molar-refractivity contribution in [1.82, 2.24) is 10.2 Å². The van der Waals surface area contributed by atoms with Crippen LogP contribution in [-0.2, 0) is 11.2 Å².